The molecule has 0 aliphatic heterocycles. The number of nitro groups is 1. The van der Waals surface area contributed by atoms with Gasteiger partial charge in [0.15, 0.2) is 6.61 Å². The zero-order valence-corrected chi connectivity index (χ0v) is 14.7. The smallest absolute Gasteiger partial charge is 0.270 e. The Balaban J connectivity index is 1.80. The molecule has 7 nitrogen and oxygen atoms in total. The molecule has 0 unspecified atom stereocenters. The van der Waals surface area contributed by atoms with Gasteiger partial charge in [-0.2, -0.15) is 0 Å². The van der Waals surface area contributed by atoms with Gasteiger partial charge in [0.2, 0.25) is 0 Å². The molecular formula is C19H21N3O4. The van der Waals surface area contributed by atoms with Crippen molar-refractivity contribution in [2.45, 2.75) is 26.3 Å². The zero-order chi connectivity index (χ0) is 18.9. The maximum atomic E-state index is 11.9. The summed E-state index contributed by atoms with van der Waals surface area (Å²) in [4.78, 5) is 27.1. The van der Waals surface area contributed by atoms with Gasteiger partial charge in [0.25, 0.3) is 11.6 Å². The molecule has 0 saturated heterocycles. The van der Waals surface area contributed by atoms with Crippen molar-refractivity contribution >= 4 is 17.8 Å². The number of benzene rings is 2. The zero-order valence-electron chi connectivity index (χ0n) is 14.7. The van der Waals surface area contributed by atoms with E-state index in [1.807, 2.05) is 31.2 Å². The first-order chi connectivity index (χ1) is 12.5. The number of hydrogen-bond donors (Lipinski definition) is 1. The normalized spacial score (nSPS) is 11.9. The molecule has 2 rings (SSSR count). The number of non-ortho nitro benzene ring substituents is 1. The van der Waals surface area contributed by atoms with E-state index in [0.29, 0.717) is 5.56 Å². The molecule has 1 N–H and O–H groups in total. The van der Waals surface area contributed by atoms with Gasteiger partial charge in [-0.1, -0.05) is 48.5 Å². The summed E-state index contributed by atoms with van der Waals surface area (Å²) in [6.45, 7) is 3.75. The highest BCUT2D eigenvalue weighted by molar-refractivity contribution is 5.80. The molecule has 2 aromatic rings. The van der Waals surface area contributed by atoms with E-state index in [1.54, 1.807) is 12.1 Å². The van der Waals surface area contributed by atoms with Crippen molar-refractivity contribution in [3.8, 4) is 0 Å². The molecule has 7 heteroatoms. The van der Waals surface area contributed by atoms with Crippen LogP contribution < -0.4 is 5.32 Å². The Kier molecular flexibility index (Phi) is 6.84. The second-order valence-corrected chi connectivity index (χ2v) is 5.74. The Morgan fingerprint density at radius 3 is 2.69 bits per heavy atom. The Morgan fingerprint density at radius 2 is 2.04 bits per heavy atom. The largest absolute Gasteiger partial charge is 0.386 e. The summed E-state index contributed by atoms with van der Waals surface area (Å²) in [5, 5.41) is 17.2. The molecule has 1 amide bonds. The van der Waals surface area contributed by atoms with Gasteiger partial charge in [0.05, 0.1) is 17.2 Å². The SMILES string of the molecule is CCc1ccc([C@H](C)NC(=O)CO/N=C\c2cccc([N+](=O)[O-])c2)cc1. The molecule has 0 aliphatic carbocycles. The third-order valence-electron chi connectivity index (χ3n) is 3.82. The molecule has 1 atom stereocenters. The number of oxime groups is 1. The van der Waals surface area contributed by atoms with Gasteiger partial charge < -0.3 is 10.2 Å². The van der Waals surface area contributed by atoms with Gasteiger partial charge in [0.1, 0.15) is 0 Å². The van der Waals surface area contributed by atoms with Crippen molar-refractivity contribution in [2.75, 3.05) is 6.61 Å². The van der Waals surface area contributed by atoms with Crippen LogP contribution in [-0.2, 0) is 16.1 Å². The minimum atomic E-state index is -0.486. The highest BCUT2D eigenvalue weighted by atomic mass is 16.6. The molecule has 0 aromatic heterocycles. The number of nitrogens with zero attached hydrogens (tertiary/aromatic N) is 2. The quantitative estimate of drug-likeness (QED) is 0.446. The number of aryl methyl sites for hydroxylation is 1. The van der Waals surface area contributed by atoms with Crippen molar-refractivity contribution in [3.63, 3.8) is 0 Å². The molecule has 0 spiro atoms. The fraction of sp³-hybridized carbons (Fsp3) is 0.263. The summed E-state index contributed by atoms with van der Waals surface area (Å²) in [6, 6.07) is 13.9. The summed E-state index contributed by atoms with van der Waals surface area (Å²) in [6.07, 6.45) is 2.30. The summed E-state index contributed by atoms with van der Waals surface area (Å²) >= 11 is 0. The summed E-state index contributed by atoms with van der Waals surface area (Å²) in [5.74, 6) is -0.298. The molecule has 26 heavy (non-hydrogen) atoms. The van der Waals surface area contributed by atoms with Gasteiger partial charge in [-0.05, 0) is 24.5 Å². The first kappa shape index (κ1) is 19.1. The first-order valence-corrected chi connectivity index (χ1v) is 8.27. The van der Waals surface area contributed by atoms with E-state index in [9.17, 15) is 14.9 Å². The van der Waals surface area contributed by atoms with Crippen molar-refractivity contribution in [3.05, 3.63) is 75.3 Å². The molecule has 0 radical (unpaired) electrons. The van der Waals surface area contributed by atoms with Gasteiger partial charge in [-0.25, -0.2) is 0 Å². The monoisotopic (exact) mass is 355 g/mol. The van der Waals surface area contributed by atoms with E-state index >= 15 is 0 Å². The first-order valence-electron chi connectivity index (χ1n) is 8.27. The average molecular weight is 355 g/mol. The second kappa shape index (κ2) is 9.31. The minimum Gasteiger partial charge on any atom is -0.386 e. The van der Waals surface area contributed by atoms with Gasteiger partial charge in [0, 0.05) is 17.7 Å². The van der Waals surface area contributed by atoms with Crippen LogP contribution in [0.15, 0.2) is 53.7 Å². The second-order valence-electron chi connectivity index (χ2n) is 5.74. The Bertz CT molecular complexity index is 788. The van der Waals surface area contributed by atoms with E-state index in [0.717, 1.165) is 12.0 Å². The number of carbonyl (C=O) groups excluding carboxylic acids is 1. The number of carbonyl (C=O) groups is 1. The third-order valence-corrected chi connectivity index (χ3v) is 3.82. The summed E-state index contributed by atoms with van der Waals surface area (Å²) in [7, 11) is 0. The van der Waals surface area contributed by atoms with Gasteiger partial charge in [-0.15, -0.1) is 0 Å². The van der Waals surface area contributed by atoms with E-state index in [1.165, 1.54) is 23.9 Å². The van der Waals surface area contributed by atoms with Crippen molar-refractivity contribution < 1.29 is 14.6 Å². The number of rotatable bonds is 8. The topological polar surface area (TPSA) is 93.8 Å². The predicted octanol–water partition coefficient (Wildman–Crippen LogP) is 3.39. The van der Waals surface area contributed by atoms with Crippen LogP contribution in [0.1, 0.15) is 36.6 Å². The average Bonchev–Trinajstić information content (AvgIpc) is 2.65. The highest BCUT2D eigenvalue weighted by Gasteiger charge is 2.10. The van der Waals surface area contributed by atoms with Crippen LogP contribution >= 0.6 is 0 Å². The third kappa shape index (κ3) is 5.70. The lowest BCUT2D eigenvalue weighted by Crippen LogP contribution is -2.29. The minimum absolute atomic E-state index is 0.0328. The maximum absolute atomic E-state index is 11.9. The number of nitrogens with one attached hydrogen (secondary N) is 1. The van der Waals surface area contributed by atoms with Crippen LogP contribution in [-0.4, -0.2) is 23.7 Å². The van der Waals surface area contributed by atoms with Gasteiger partial charge in [-0.3, -0.25) is 14.9 Å². The van der Waals surface area contributed by atoms with Crippen LogP contribution in [0.25, 0.3) is 0 Å². The lowest BCUT2D eigenvalue weighted by molar-refractivity contribution is -0.384. The van der Waals surface area contributed by atoms with Gasteiger partial charge >= 0.3 is 0 Å². The van der Waals surface area contributed by atoms with Crippen LogP contribution in [0, 0.1) is 10.1 Å². The molecule has 0 aliphatic rings. The lowest BCUT2D eigenvalue weighted by Gasteiger charge is -2.14. The van der Waals surface area contributed by atoms with Crippen LogP contribution in [0.2, 0.25) is 0 Å². The molecule has 0 heterocycles. The Hall–Kier alpha value is -3.22. The van der Waals surface area contributed by atoms with Crippen molar-refractivity contribution in [1.29, 1.82) is 0 Å². The fourth-order valence-corrected chi connectivity index (χ4v) is 2.32. The van der Waals surface area contributed by atoms with E-state index in [-0.39, 0.29) is 24.2 Å². The Morgan fingerprint density at radius 1 is 1.31 bits per heavy atom. The standard InChI is InChI=1S/C19H21N3O4/c1-3-15-7-9-17(10-8-15)14(2)21-19(23)13-26-20-12-16-5-4-6-18(11-16)22(24)25/h4-12,14H,3,13H2,1-2H3,(H,21,23)/b20-12-/t14-/m0/s1. The maximum Gasteiger partial charge on any atom is 0.270 e. The predicted molar refractivity (Wildman–Crippen MR) is 99.0 cm³/mol. The molecular weight excluding hydrogens is 334 g/mol. The molecule has 0 saturated carbocycles. The van der Waals surface area contributed by atoms with E-state index in [4.69, 9.17) is 4.84 Å². The van der Waals surface area contributed by atoms with Crippen LogP contribution in [0.5, 0.6) is 0 Å². The molecule has 136 valence electrons. The fourth-order valence-electron chi connectivity index (χ4n) is 2.32. The molecule has 0 fully saturated rings. The van der Waals surface area contributed by atoms with Crippen molar-refractivity contribution in [2.24, 2.45) is 5.16 Å². The Labute approximate surface area is 151 Å². The highest BCUT2D eigenvalue weighted by Crippen LogP contribution is 2.14. The van der Waals surface area contributed by atoms with E-state index < -0.39 is 4.92 Å². The van der Waals surface area contributed by atoms with Crippen molar-refractivity contribution in [1.82, 2.24) is 5.32 Å². The lowest BCUT2D eigenvalue weighted by atomic mass is 10.1. The number of hydrogen-bond acceptors (Lipinski definition) is 5. The van der Waals surface area contributed by atoms with Crippen LogP contribution in [0.3, 0.4) is 0 Å². The summed E-state index contributed by atoms with van der Waals surface area (Å²) < 4.78 is 0. The molecule has 2 aromatic carbocycles. The number of nitro benzene ring substituents is 1. The molecule has 0 bridgehead atoms. The summed E-state index contributed by atoms with van der Waals surface area (Å²) in [5.41, 5.74) is 2.74. The number of amides is 1. The van der Waals surface area contributed by atoms with E-state index in [2.05, 4.69) is 17.4 Å². The van der Waals surface area contributed by atoms with Crippen LogP contribution in [0.4, 0.5) is 5.69 Å².